The number of hydrogen-bond donors (Lipinski definition) is 0. The standard InChI is InChI=1S/C25H19Br.C13H12/c26-25-16-14-24(15-17-25)23-12-8-20(9-13-23)18-19-6-10-22(11-7-19)21-4-2-1-3-5-21;1-11-7-9-13(10-8-11)12-5-3-2-4-6-12/h1-17H,18H2;2-10H,1H3. The van der Waals surface area contributed by atoms with E-state index in [0.717, 1.165) is 10.9 Å². The van der Waals surface area contributed by atoms with Gasteiger partial charge in [0, 0.05) is 4.47 Å². The highest BCUT2D eigenvalue weighted by molar-refractivity contribution is 9.10. The fourth-order valence-corrected chi connectivity index (χ4v) is 4.78. The molecule has 0 aliphatic heterocycles. The lowest BCUT2D eigenvalue weighted by molar-refractivity contribution is 1.19. The zero-order chi connectivity index (χ0) is 26.9. The lowest BCUT2D eigenvalue weighted by Crippen LogP contribution is -1.89. The van der Waals surface area contributed by atoms with Gasteiger partial charge in [-0.05, 0) is 70.0 Å². The third kappa shape index (κ3) is 7.44. The van der Waals surface area contributed by atoms with Crippen molar-refractivity contribution in [2.24, 2.45) is 0 Å². The Morgan fingerprint density at radius 3 is 1.05 bits per heavy atom. The van der Waals surface area contributed by atoms with Crippen LogP contribution >= 0.6 is 15.9 Å². The summed E-state index contributed by atoms with van der Waals surface area (Å²) < 4.78 is 1.11. The molecule has 0 atom stereocenters. The van der Waals surface area contributed by atoms with Crippen LogP contribution in [0.25, 0.3) is 33.4 Å². The number of halogens is 1. The lowest BCUT2D eigenvalue weighted by Gasteiger charge is -2.07. The SMILES string of the molecule is Brc1ccc(-c2ccc(Cc3ccc(-c4ccccc4)cc3)cc2)cc1.Cc1ccc(-c2ccccc2)cc1. The smallest absolute Gasteiger partial charge is 0.0175 e. The predicted molar refractivity (Wildman–Crippen MR) is 171 cm³/mol. The van der Waals surface area contributed by atoms with Gasteiger partial charge < -0.3 is 0 Å². The average molecular weight is 568 g/mol. The van der Waals surface area contributed by atoms with Crippen molar-refractivity contribution in [2.75, 3.05) is 0 Å². The molecule has 0 amide bonds. The van der Waals surface area contributed by atoms with Gasteiger partial charge in [-0.15, -0.1) is 0 Å². The molecule has 6 aromatic carbocycles. The summed E-state index contributed by atoms with van der Waals surface area (Å²) in [4.78, 5) is 0. The summed E-state index contributed by atoms with van der Waals surface area (Å²) in [6, 6.07) is 55.7. The van der Waals surface area contributed by atoms with Crippen LogP contribution in [0.4, 0.5) is 0 Å². The Labute approximate surface area is 240 Å². The quantitative estimate of drug-likeness (QED) is 0.194. The molecular formula is C38H31Br. The Kier molecular flexibility index (Phi) is 8.83. The molecule has 0 N–H and O–H groups in total. The molecule has 0 aliphatic carbocycles. The second-order valence-corrected chi connectivity index (χ2v) is 10.6. The number of rotatable bonds is 5. The summed E-state index contributed by atoms with van der Waals surface area (Å²) in [5.41, 5.74) is 11.6. The van der Waals surface area contributed by atoms with E-state index in [1.54, 1.807) is 0 Å². The van der Waals surface area contributed by atoms with Crippen LogP contribution in [0.1, 0.15) is 16.7 Å². The van der Waals surface area contributed by atoms with Crippen molar-refractivity contribution in [1.29, 1.82) is 0 Å². The van der Waals surface area contributed by atoms with Gasteiger partial charge in [0.1, 0.15) is 0 Å². The van der Waals surface area contributed by atoms with E-state index in [4.69, 9.17) is 0 Å². The molecule has 6 rings (SSSR count). The fourth-order valence-electron chi connectivity index (χ4n) is 4.52. The van der Waals surface area contributed by atoms with Gasteiger partial charge in [-0.25, -0.2) is 0 Å². The Morgan fingerprint density at radius 1 is 0.359 bits per heavy atom. The molecule has 6 aromatic rings. The largest absolute Gasteiger partial charge is 0.0622 e. The van der Waals surface area contributed by atoms with Crippen molar-refractivity contribution >= 4 is 15.9 Å². The third-order valence-corrected chi connectivity index (χ3v) is 7.29. The van der Waals surface area contributed by atoms with Crippen molar-refractivity contribution in [3.63, 3.8) is 0 Å². The van der Waals surface area contributed by atoms with Gasteiger partial charge in [-0.1, -0.05) is 167 Å². The van der Waals surface area contributed by atoms with Crippen molar-refractivity contribution in [3.8, 4) is 33.4 Å². The van der Waals surface area contributed by atoms with Gasteiger partial charge in [0.25, 0.3) is 0 Å². The Balaban J connectivity index is 0.000000198. The first-order chi connectivity index (χ1) is 19.1. The fraction of sp³-hybridized carbons (Fsp3) is 0.0526. The molecule has 0 nitrogen and oxygen atoms in total. The normalized spacial score (nSPS) is 10.4. The second-order valence-electron chi connectivity index (χ2n) is 9.68. The van der Waals surface area contributed by atoms with E-state index in [2.05, 4.69) is 175 Å². The van der Waals surface area contributed by atoms with Crippen LogP contribution in [-0.2, 0) is 6.42 Å². The van der Waals surface area contributed by atoms with E-state index in [0.29, 0.717) is 0 Å². The van der Waals surface area contributed by atoms with E-state index >= 15 is 0 Å². The van der Waals surface area contributed by atoms with Crippen molar-refractivity contribution in [1.82, 2.24) is 0 Å². The summed E-state index contributed by atoms with van der Waals surface area (Å²) >= 11 is 3.49. The molecule has 0 fully saturated rings. The molecule has 0 aliphatic rings. The first-order valence-corrected chi connectivity index (χ1v) is 14.0. The van der Waals surface area contributed by atoms with Gasteiger partial charge in [0.05, 0.1) is 0 Å². The highest BCUT2D eigenvalue weighted by Gasteiger charge is 2.02. The zero-order valence-corrected chi connectivity index (χ0v) is 23.7. The van der Waals surface area contributed by atoms with Crippen LogP contribution in [0.5, 0.6) is 0 Å². The first kappa shape index (κ1) is 26.4. The van der Waals surface area contributed by atoms with Crippen LogP contribution in [0.15, 0.2) is 162 Å². The van der Waals surface area contributed by atoms with Gasteiger partial charge >= 0.3 is 0 Å². The Bertz CT molecular complexity index is 1570. The Hall–Kier alpha value is -4.20. The minimum atomic E-state index is 0.954. The summed E-state index contributed by atoms with van der Waals surface area (Å²) in [7, 11) is 0. The zero-order valence-electron chi connectivity index (χ0n) is 22.1. The minimum Gasteiger partial charge on any atom is -0.0622 e. The molecule has 190 valence electrons. The maximum atomic E-state index is 3.49. The summed E-state index contributed by atoms with van der Waals surface area (Å²) in [5, 5.41) is 0. The minimum absolute atomic E-state index is 0.954. The first-order valence-electron chi connectivity index (χ1n) is 13.3. The van der Waals surface area contributed by atoms with E-state index in [9.17, 15) is 0 Å². The molecule has 0 unspecified atom stereocenters. The van der Waals surface area contributed by atoms with E-state index in [1.165, 1.54) is 50.1 Å². The van der Waals surface area contributed by atoms with Gasteiger partial charge in [-0.3, -0.25) is 0 Å². The maximum absolute atomic E-state index is 3.49. The molecule has 0 bridgehead atoms. The lowest BCUT2D eigenvalue weighted by atomic mass is 9.98. The molecule has 0 spiro atoms. The monoisotopic (exact) mass is 566 g/mol. The second kappa shape index (κ2) is 13.0. The summed E-state index contributed by atoms with van der Waals surface area (Å²) in [6.07, 6.45) is 0.954. The third-order valence-electron chi connectivity index (χ3n) is 6.76. The molecule has 0 heterocycles. The number of benzene rings is 6. The number of aryl methyl sites for hydroxylation is 1. The topological polar surface area (TPSA) is 0 Å². The van der Waals surface area contributed by atoms with E-state index in [1.807, 2.05) is 6.07 Å². The molecule has 0 saturated heterocycles. The van der Waals surface area contributed by atoms with Crippen molar-refractivity contribution in [2.45, 2.75) is 13.3 Å². The van der Waals surface area contributed by atoms with Gasteiger partial charge in [0.15, 0.2) is 0 Å². The van der Waals surface area contributed by atoms with E-state index < -0.39 is 0 Å². The molecule has 39 heavy (non-hydrogen) atoms. The van der Waals surface area contributed by atoms with Crippen LogP contribution in [0, 0.1) is 6.92 Å². The predicted octanol–water partition coefficient (Wildman–Crippen LogP) is 11.0. The summed E-state index contributed by atoms with van der Waals surface area (Å²) in [6.45, 7) is 2.11. The van der Waals surface area contributed by atoms with Crippen LogP contribution < -0.4 is 0 Å². The van der Waals surface area contributed by atoms with Gasteiger partial charge in [0.2, 0.25) is 0 Å². The highest BCUT2D eigenvalue weighted by Crippen LogP contribution is 2.24. The van der Waals surface area contributed by atoms with E-state index in [-0.39, 0.29) is 0 Å². The average Bonchev–Trinajstić information content (AvgIpc) is 3.00. The van der Waals surface area contributed by atoms with Crippen LogP contribution in [0.3, 0.4) is 0 Å². The molecular weight excluding hydrogens is 536 g/mol. The number of hydrogen-bond acceptors (Lipinski definition) is 0. The van der Waals surface area contributed by atoms with Crippen LogP contribution in [-0.4, -0.2) is 0 Å². The molecule has 0 aromatic heterocycles. The van der Waals surface area contributed by atoms with Crippen molar-refractivity contribution < 1.29 is 0 Å². The highest BCUT2D eigenvalue weighted by atomic mass is 79.9. The molecule has 0 radical (unpaired) electrons. The molecule has 1 heteroatoms. The van der Waals surface area contributed by atoms with Gasteiger partial charge in [-0.2, -0.15) is 0 Å². The summed E-state index contributed by atoms with van der Waals surface area (Å²) in [5.74, 6) is 0. The van der Waals surface area contributed by atoms with Crippen molar-refractivity contribution in [3.05, 3.63) is 179 Å². The Morgan fingerprint density at radius 2 is 0.667 bits per heavy atom. The molecule has 0 saturated carbocycles. The van der Waals surface area contributed by atoms with Crippen LogP contribution in [0.2, 0.25) is 0 Å². The maximum Gasteiger partial charge on any atom is 0.0175 e.